The fraction of sp³-hybridized carbons (Fsp3) is 0.379. The maximum atomic E-state index is 13.8. The van der Waals surface area contributed by atoms with Gasteiger partial charge >= 0.3 is 5.97 Å². The van der Waals surface area contributed by atoms with Gasteiger partial charge in [0, 0.05) is 36.3 Å². The number of nitrogens with zero attached hydrogens (tertiary/aromatic N) is 2. The van der Waals surface area contributed by atoms with E-state index >= 15 is 0 Å². The molecular weight excluding hydrogens is 513 g/mol. The zero-order valence-corrected chi connectivity index (χ0v) is 21.4. The van der Waals surface area contributed by atoms with Gasteiger partial charge in [-0.1, -0.05) is 11.8 Å². The van der Waals surface area contributed by atoms with Crippen LogP contribution in [0.4, 0.5) is 13.2 Å². The minimum absolute atomic E-state index is 0.153. The molecule has 2 heterocycles. The number of aromatic nitrogens is 1. The fourth-order valence-electron chi connectivity index (χ4n) is 5.04. The molecule has 206 valence electrons. The van der Waals surface area contributed by atoms with E-state index in [0.29, 0.717) is 59.8 Å². The first-order valence-electron chi connectivity index (χ1n) is 12.5. The van der Waals surface area contributed by atoms with Crippen LogP contribution in [0.15, 0.2) is 36.5 Å². The summed E-state index contributed by atoms with van der Waals surface area (Å²) in [5.41, 5.74) is 0.126. The molecule has 7 nitrogen and oxygen atoms in total. The smallest absolute Gasteiger partial charge is 0.309 e. The molecule has 1 atom stereocenters. The van der Waals surface area contributed by atoms with Crippen molar-refractivity contribution in [2.24, 2.45) is 5.41 Å². The summed E-state index contributed by atoms with van der Waals surface area (Å²) in [6, 6.07) is 6.51. The molecule has 0 radical (unpaired) electrons. The Hall–Kier alpha value is -3.65. The Morgan fingerprint density at radius 2 is 1.95 bits per heavy atom. The molecule has 0 aliphatic carbocycles. The van der Waals surface area contributed by atoms with Crippen molar-refractivity contribution in [3.8, 4) is 17.6 Å². The van der Waals surface area contributed by atoms with Gasteiger partial charge in [0.15, 0.2) is 11.6 Å². The van der Waals surface area contributed by atoms with Crippen LogP contribution in [-0.2, 0) is 11.4 Å². The molecule has 1 fully saturated rings. The van der Waals surface area contributed by atoms with Gasteiger partial charge in [0.05, 0.1) is 42.9 Å². The highest BCUT2D eigenvalue weighted by Crippen LogP contribution is 2.40. The summed E-state index contributed by atoms with van der Waals surface area (Å²) in [6.45, 7) is 0.641. The maximum Gasteiger partial charge on any atom is 0.309 e. The number of carboxylic acid groups (broad SMARTS) is 1. The van der Waals surface area contributed by atoms with Gasteiger partial charge < -0.3 is 20.1 Å². The normalized spacial score (nSPS) is 15.9. The molecule has 4 rings (SSSR count). The van der Waals surface area contributed by atoms with Crippen molar-refractivity contribution in [1.82, 2.24) is 9.88 Å². The average molecular weight is 543 g/mol. The lowest BCUT2D eigenvalue weighted by molar-refractivity contribution is -0.153. The van der Waals surface area contributed by atoms with Gasteiger partial charge in [0.25, 0.3) is 0 Å². The Morgan fingerprint density at radius 3 is 2.62 bits per heavy atom. The third kappa shape index (κ3) is 6.17. The van der Waals surface area contributed by atoms with Crippen LogP contribution in [0.5, 0.6) is 5.75 Å². The van der Waals surface area contributed by atoms with Crippen molar-refractivity contribution < 1.29 is 38.0 Å². The highest BCUT2D eigenvalue weighted by molar-refractivity contribution is 5.85. The third-order valence-corrected chi connectivity index (χ3v) is 7.38. The second-order valence-corrected chi connectivity index (χ2v) is 9.71. The Morgan fingerprint density at radius 1 is 1.21 bits per heavy atom. The minimum atomic E-state index is -1.31. The van der Waals surface area contributed by atoms with Crippen LogP contribution in [0.1, 0.15) is 48.5 Å². The predicted octanol–water partition coefficient (Wildman–Crippen LogP) is 4.19. The Labute approximate surface area is 223 Å². The number of ether oxygens (including phenoxy) is 1. The van der Waals surface area contributed by atoms with Crippen LogP contribution in [-0.4, -0.2) is 57.9 Å². The molecule has 10 heteroatoms. The van der Waals surface area contributed by atoms with Crippen LogP contribution in [0.3, 0.4) is 0 Å². The molecule has 1 aromatic heterocycles. The highest BCUT2D eigenvalue weighted by atomic mass is 19.2. The number of aliphatic hydroxyl groups excluding tert-OH is 2. The molecule has 0 unspecified atom stereocenters. The SMILES string of the molecule is COc1ccc2ncc(CO)c([C@H](O)CCC3(C(=O)O)CCN(CC#Cc4cc(F)cc(F)c4F)CC3)c2c1. The van der Waals surface area contributed by atoms with Crippen molar-refractivity contribution in [2.45, 2.75) is 38.4 Å². The van der Waals surface area contributed by atoms with Gasteiger partial charge in [-0.15, -0.1) is 0 Å². The summed E-state index contributed by atoms with van der Waals surface area (Å²) < 4.78 is 45.9. The summed E-state index contributed by atoms with van der Waals surface area (Å²) in [4.78, 5) is 18.6. The number of carbonyl (C=O) groups is 1. The molecule has 1 saturated heterocycles. The second-order valence-electron chi connectivity index (χ2n) is 9.71. The standard InChI is InChI=1S/C29H29F3N2O5/c1-39-21-4-5-24-22(15-21)26(19(17-35)16-33-24)25(36)6-7-29(28(37)38)8-11-34(12-9-29)10-2-3-18-13-20(30)14-23(31)27(18)32/h4-5,13-16,25,35-36H,6-12,17H2,1H3,(H,37,38)/t25-/m1/s1. The predicted molar refractivity (Wildman–Crippen MR) is 137 cm³/mol. The topological polar surface area (TPSA) is 103 Å². The number of aliphatic hydroxyl groups is 2. The van der Waals surface area contributed by atoms with Gasteiger partial charge in [-0.25, -0.2) is 13.2 Å². The van der Waals surface area contributed by atoms with Gasteiger partial charge in [-0.3, -0.25) is 14.7 Å². The Kier molecular flexibility index (Phi) is 8.75. The maximum absolute atomic E-state index is 13.8. The second kappa shape index (κ2) is 12.0. The van der Waals surface area contributed by atoms with Crippen LogP contribution in [0, 0.1) is 34.7 Å². The molecule has 2 aromatic carbocycles. The van der Waals surface area contributed by atoms with Crippen LogP contribution in [0.25, 0.3) is 10.9 Å². The number of carboxylic acids is 1. The largest absolute Gasteiger partial charge is 0.497 e. The van der Waals surface area contributed by atoms with Crippen molar-refractivity contribution in [3.05, 3.63) is 70.7 Å². The van der Waals surface area contributed by atoms with Crippen LogP contribution >= 0.6 is 0 Å². The molecule has 0 spiro atoms. The van der Waals surface area contributed by atoms with Crippen molar-refractivity contribution in [2.75, 3.05) is 26.7 Å². The number of likely N-dealkylation sites (tertiary alicyclic amines) is 1. The first-order chi connectivity index (χ1) is 18.7. The van der Waals surface area contributed by atoms with Crippen molar-refractivity contribution >= 4 is 16.9 Å². The number of aliphatic carboxylic acids is 1. The molecule has 0 amide bonds. The Balaban J connectivity index is 1.44. The lowest BCUT2D eigenvalue weighted by Crippen LogP contribution is -2.44. The molecule has 1 aliphatic heterocycles. The van der Waals surface area contributed by atoms with Crippen molar-refractivity contribution in [1.29, 1.82) is 0 Å². The van der Waals surface area contributed by atoms with E-state index in [9.17, 15) is 33.3 Å². The van der Waals surface area contributed by atoms with E-state index in [1.54, 1.807) is 18.2 Å². The Bertz CT molecular complexity index is 1420. The zero-order valence-electron chi connectivity index (χ0n) is 21.4. The lowest BCUT2D eigenvalue weighted by Gasteiger charge is -2.38. The molecule has 1 aliphatic rings. The van der Waals surface area contributed by atoms with Gasteiger partial charge in [-0.2, -0.15) is 0 Å². The number of hydrogen-bond acceptors (Lipinski definition) is 6. The number of piperidine rings is 1. The van der Waals surface area contributed by atoms with Gasteiger partial charge in [-0.05, 0) is 55.5 Å². The number of fused-ring (bicyclic) bond motifs is 1. The minimum Gasteiger partial charge on any atom is -0.497 e. The van der Waals surface area contributed by atoms with E-state index in [1.165, 1.54) is 13.3 Å². The molecule has 3 N–H and O–H groups in total. The number of hydrogen-bond donors (Lipinski definition) is 3. The van der Waals surface area contributed by atoms with E-state index in [4.69, 9.17) is 4.74 Å². The summed E-state index contributed by atoms with van der Waals surface area (Å²) in [7, 11) is 1.52. The molecule has 39 heavy (non-hydrogen) atoms. The highest BCUT2D eigenvalue weighted by Gasteiger charge is 2.41. The lowest BCUT2D eigenvalue weighted by atomic mass is 9.74. The van der Waals surface area contributed by atoms with Crippen molar-refractivity contribution in [3.63, 3.8) is 0 Å². The van der Waals surface area contributed by atoms with Crippen LogP contribution in [0.2, 0.25) is 0 Å². The van der Waals surface area contributed by atoms with E-state index < -0.39 is 34.9 Å². The molecule has 3 aromatic rings. The number of pyridine rings is 1. The number of benzene rings is 2. The quantitative estimate of drug-likeness (QED) is 0.290. The van der Waals surface area contributed by atoms with Gasteiger partial charge in [0.1, 0.15) is 11.6 Å². The summed E-state index contributed by atoms with van der Waals surface area (Å²) in [5, 5.41) is 31.8. The van der Waals surface area contributed by atoms with E-state index in [0.717, 1.165) is 6.07 Å². The molecular formula is C29H29F3N2O5. The van der Waals surface area contributed by atoms with E-state index in [1.807, 2.05) is 4.90 Å². The monoisotopic (exact) mass is 542 g/mol. The zero-order chi connectivity index (χ0) is 28.2. The summed E-state index contributed by atoms with van der Waals surface area (Å²) >= 11 is 0. The number of halogens is 3. The molecule has 0 saturated carbocycles. The van der Waals surface area contributed by atoms with Gasteiger partial charge in [0.2, 0.25) is 0 Å². The first kappa shape index (κ1) is 28.4. The van der Waals surface area contributed by atoms with E-state index in [-0.39, 0.29) is 31.6 Å². The third-order valence-electron chi connectivity index (χ3n) is 7.38. The molecule has 0 bridgehead atoms. The van der Waals surface area contributed by atoms with Crippen LogP contribution < -0.4 is 4.74 Å². The fourth-order valence-corrected chi connectivity index (χ4v) is 5.04. The number of rotatable bonds is 8. The summed E-state index contributed by atoms with van der Waals surface area (Å²) in [6.07, 6.45) is 1.43. The first-order valence-corrected chi connectivity index (χ1v) is 12.5. The van der Waals surface area contributed by atoms with E-state index in [2.05, 4.69) is 16.8 Å². The number of methoxy groups -OCH3 is 1. The average Bonchev–Trinajstić information content (AvgIpc) is 2.93. The summed E-state index contributed by atoms with van der Waals surface area (Å²) in [5.74, 6) is 1.32.